The summed E-state index contributed by atoms with van der Waals surface area (Å²) in [5.74, 6) is -0.00933. The molecule has 0 amide bonds. The van der Waals surface area contributed by atoms with E-state index in [-0.39, 0.29) is 44.0 Å². The van der Waals surface area contributed by atoms with Crippen LogP contribution in [0.15, 0.2) is 17.2 Å². The molecule has 0 aromatic carbocycles. The number of nitrogens with two attached hydrogens (primary N) is 1. The highest BCUT2D eigenvalue weighted by atomic mass is 31.2. The van der Waals surface area contributed by atoms with Gasteiger partial charge >= 0.3 is 13.3 Å². The molecular weight excluding hydrogens is 531 g/mol. The predicted molar refractivity (Wildman–Crippen MR) is 142 cm³/mol. The van der Waals surface area contributed by atoms with Crippen LogP contribution in [0.4, 0.5) is 5.82 Å². The van der Waals surface area contributed by atoms with Crippen molar-refractivity contribution < 1.29 is 34.0 Å². The number of hydrogen-bond acceptors (Lipinski definition) is 11. The smallest absolute Gasteiger partial charge is 0.359 e. The zero-order valence-electron chi connectivity index (χ0n) is 23.3. The molecule has 2 aromatic rings. The van der Waals surface area contributed by atoms with E-state index in [9.17, 15) is 29.6 Å². The standard InChI is InChI=1S/C24H41N6O8P/c1-7-23(6,38-39(35,36)24(34,8-2)9-3)11-17-18(31)19(32)21(37-17)29-12-15(20(25)26-22(29)33)10-16-13-30(14(4)5)28-27-16/h12-14,17-19,21,31-32,34H,7-11H2,1-6H3,(H,35,36)(H2,25,26,33). The fraction of sp³-hybridized carbons (Fsp3) is 0.750. The second-order valence-electron chi connectivity index (χ2n) is 10.7. The monoisotopic (exact) mass is 572 g/mol. The van der Waals surface area contributed by atoms with Crippen LogP contribution in [0, 0.1) is 0 Å². The molecule has 15 heteroatoms. The molecular formula is C24H41N6O8P. The summed E-state index contributed by atoms with van der Waals surface area (Å²) >= 11 is 0. The maximum Gasteiger partial charge on any atom is 0.359 e. The Morgan fingerprint density at radius 3 is 2.36 bits per heavy atom. The Hall–Kier alpha value is -2.19. The van der Waals surface area contributed by atoms with Crippen LogP contribution in [-0.4, -0.2) is 74.0 Å². The molecule has 14 nitrogen and oxygen atoms in total. The third-order valence-electron chi connectivity index (χ3n) is 7.51. The van der Waals surface area contributed by atoms with Gasteiger partial charge in [0.25, 0.3) is 0 Å². The van der Waals surface area contributed by atoms with E-state index in [4.69, 9.17) is 15.0 Å². The first-order chi connectivity index (χ1) is 18.1. The lowest BCUT2D eigenvalue weighted by atomic mass is 9.93. The van der Waals surface area contributed by atoms with E-state index >= 15 is 0 Å². The van der Waals surface area contributed by atoms with Crippen molar-refractivity contribution in [2.75, 3.05) is 5.73 Å². The fourth-order valence-corrected chi connectivity index (χ4v) is 6.29. The van der Waals surface area contributed by atoms with Crippen LogP contribution >= 0.6 is 7.60 Å². The van der Waals surface area contributed by atoms with Crippen LogP contribution in [-0.2, 0) is 20.2 Å². The van der Waals surface area contributed by atoms with Crippen molar-refractivity contribution in [2.24, 2.45) is 0 Å². The number of aromatic nitrogens is 5. The van der Waals surface area contributed by atoms with Gasteiger partial charge in [0.2, 0.25) is 0 Å². The lowest BCUT2D eigenvalue weighted by Crippen LogP contribution is -2.40. The first-order valence-corrected chi connectivity index (χ1v) is 14.7. The summed E-state index contributed by atoms with van der Waals surface area (Å²) in [5, 5.41) is 38.5. The molecule has 6 unspecified atom stereocenters. The number of anilines is 1. The van der Waals surface area contributed by atoms with E-state index in [0.717, 1.165) is 4.57 Å². The van der Waals surface area contributed by atoms with Crippen LogP contribution in [0.25, 0.3) is 0 Å². The Balaban J connectivity index is 1.84. The molecule has 0 saturated carbocycles. The Morgan fingerprint density at radius 2 is 1.82 bits per heavy atom. The minimum atomic E-state index is -4.51. The Labute approximate surface area is 227 Å². The van der Waals surface area contributed by atoms with Crippen LogP contribution < -0.4 is 11.4 Å². The first-order valence-electron chi connectivity index (χ1n) is 13.2. The number of hydrogen-bond donors (Lipinski definition) is 5. The summed E-state index contributed by atoms with van der Waals surface area (Å²) in [7, 11) is -4.51. The average molecular weight is 573 g/mol. The lowest BCUT2D eigenvalue weighted by Gasteiger charge is -2.38. The van der Waals surface area contributed by atoms with Gasteiger partial charge in [-0.15, -0.1) is 5.10 Å². The number of nitrogen functional groups attached to an aromatic ring is 1. The topological polar surface area (TPSA) is 208 Å². The Kier molecular flexibility index (Phi) is 9.43. The van der Waals surface area contributed by atoms with E-state index in [1.807, 2.05) is 13.8 Å². The molecule has 3 rings (SSSR count). The number of aliphatic hydroxyl groups excluding tert-OH is 2. The van der Waals surface area contributed by atoms with Crippen LogP contribution in [0.3, 0.4) is 0 Å². The SMILES string of the molecule is CCC(C)(CC1OC(n2cc(Cc3cn(C(C)C)nn3)c(N)nc2=O)C(O)C1O)OP(=O)(O)C(O)(CC)CC. The van der Waals surface area contributed by atoms with E-state index in [0.29, 0.717) is 11.3 Å². The zero-order valence-corrected chi connectivity index (χ0v) is 24.2. The normalized spacial score (nSPS) is 25.1. The first kappa shape index (κ1) is 31.3. The molecule has 0 bridgehead atoms. The van der Waals surface area contributed by atoms with Crippen molar-refractivity contribution in [2.45, 2.75) is 115 Å². The summed E-state index contributed by atoms with van der Waals surface area (Å²) < 4.78 is 27.3. The average Bonchev–Trinajstić information content (AvgIpc) is 3.45. The van der Waals surface area contributed by atoms with E-state index in [1.54, 1.807) is 38.6 Å². The van der Waals surface area contributed by atoms with Gasteiger partial charge in [-0.05, 0) is 40.0 Å². The molecule has 0 spiro atoms. The van der Waals surface area contributed by atoms with Crippen LogP contribution in [0.5, 0.6) is 0 Å². The van der Waals surface area contributed by atoms with Gasteiger partial charge in [0.1, 0.15) is 18.0 Å². The van der Waals surface area contributed by atoms with E-state index in [2.05, 4.69) is 15.3 Å². The molecule has 3 heterocycles. The predicted octanol–water partition coefficient (Wildman–Crippen LogP) is 1.48. The zero-order chi connectivity index (χ0) is 29.3. The molecule has 6 N–H and O–H groups in total. The second-order valence-corrected chi connectivity index (χ2v) is 12.7. The number of ether oxygens (including phenoxy) is 1. The third kappa shape index (κ3) is 6.43. The fourth-order valence-electron chi connectivity index (χ4n) is 4.51. The van der Waals surface area contributed by atoms with Crippen molar-refractivity contribution >= 4 is 13.4 Å². The van der Waals surface area contributed by atoms with Gasteiger partial charge in [0.05, 0.1) is 17.4 Å². The van der Waals surface area contributed by atoms with E-state index < -0.39 is 48.8 Å². The van der Waals surface area contributed by atoms with Crippen molar-refractivity contribution in [3.8, 4) is 0 Å². The van der Waals surface area contributed by atoms with E-state index in [1.165, 1.54) is 6.20 Å². The lowest BCUT2D eigenvalue weighted by molar-refractivity contribution is -0.0721. The second kappa shape index (κ2) is 11.7. The van der Waals surface area contributed by atoms with Gasteiger partial charge in [-0.1, -0.05) is 26.0 Å². The maximum atomic E-state index is 13.0. The number of aliphatic hydroxyl groups is 3. The Bertz CT molecular complexity index is 1250. The highest BCUT2D eigenvalue weighted by Crippen LogP contribution is 2.60. The van der Waals surface area contributed by atoms with Crippen molar-refractivity contribution in [3.05, 3.63) is 34.1 Å². The molecule has 0 radical (unpaired) electrons. The quantitative estimate of drug-likeness (QED) is 0.229. The molecule has 1 saturated heterocycles. The third-order valence-corrected chi connectivity index (χ3v) is 9.89. The highest BCUT2D eigenvalue weighted by molar-refractivity contribution is 7.54. The largest absolute Gasteiger partial charge is 0.388 e. The van der Waals surface area contributed by atoms with Crippen molar-refractivity contribution in [1.82, 2.24) is 24.5 Å². The molecule has 220 valence electrons. The minimum absolute atomic E-state index is 0.00355. The van der Waals surface area contributed by atoms with Crippen LogP contribution in [0.1, 0.15) is 90.8 Å². The molecule has 6 atom stereocenters. The molecule has 39 heavy (non-hydrogen) atoms. The molecule has 2 aromatic heterocycles. The van der Waals surface area contributed by atoms with Gasteiger partial charge < -0.3 is 35.2 Å². The summed E-state index contributed by atoms with van der Waals surface area (Å²) in [6.07, 6.45) is -1.82. The van der Waals surface area contributed by atoms with Crippen molar-refractivity contribution in [1.29, 1.82) is 0 Å². The summed E-state index contributed by atoms with van der Waals surface area (Å²) in [6, 6.07) is 0.103. The summed E-state index contributed by atoms with van der Waals surface area (Å²) in [6.45, 7) is 10.4. The molecule has 1 fully saturated rings. The number of rotatable bonds is 12. The summed E-state index contributed by atoms with van der Waals surface area (Å²) in [5.41, 5.74) is 4.94. The molecule has 1 aliphatic heterocycles. The van der Waals surface area contributed by atoms with Gasteiger partial charge in [-0.25, -0.2) is 9.48 Å². The summed E-state index contributed by atoms with van der Waals surface area (Å²) in [4.78, 5) is 27.2. The van der Waals surface area contributed by atoms with Gasteiger partial charge in [0, 0.05) is 36.8 Å². The van der Waals surface area contributed by atoms with Crippen LogP contribution in [0.2, 0.25) is 0 Å². The maximum absolute atomic E-state index is 13.0. The minimum Gasteiger partial charge on any atom is -0.388 e. The molecule has 1 aliphatic rings. The molecule has 0 aliphatic carbocycles. The van der Waals surface area contributed by atoms with Gasteiger partial charge in [-0.2, -0.15) is 4.98 Å². The van der Waals surface area contributed by atoms with Gasteiger partial charge in [-0.3, -0.25) is 9.13 Å². The van der Waals surface area contributed by atoms with Crippen molar-refractivity contribution in [3.63, 3.8) is 0 Å². The number of nitrogens with zero attached hydrogens (tertiary/aromatic N) is 5. The van der Waals surface area contributed by atoms with Gasteiger partial charge in [0.15, 0.2) is 11.6 Å². The highest BCUT2D eigenvalue weighted by Gasteiger charge is 2.51. The Morgan fingerprint density at radius 1 is 1.18 bits per heavy atom.